The van der Waals surface area contributed by atoms with Crippen LogP contribution in [0.1, 0.15) is 13.0 Å². The Balaban J connectivity index is 2.43. The van der Waals surface area contributed by atoms with Crippen molar-refractivity contribution in [2.45, 2.75) is 13.0 Å². The fraction of sp³-hybridized carbons (Fsp3) is 0.182. The maximum absolute atomic E-state index is 12.8. The predicted octanol–water partition coefficient (Wildman–Crippen LogP) is 1.73. The van der Waals surface area contributed by atoms with Crippen molar-refractivity contribution < 1.29 is 14.3 Å². The summed E-state index contributed by atoms with van der Waals surface area (Å²) in [7, 11) is 0. The number of rotatable bonds is 3. The Morgan fingerprint density at radius 3 is 2.65 bits per heavy atom. The van der Waals surface area contributed by atoms with Gasteiger partial charge in [0.2, 0.25) is 0 Å². The standard InChI is InChI=1S/C11H10FN3O2/c1-7(11(16)17)15-10(6-13-14-15)8-2-4-9(12)5-3-8/h2-7H,1H3,(H,16,17). The number of carbonyl (C=O) groups is 1. The third-order valence-electron chi connectivity index (χ3n) is 2.44. The molecule has 0 amide bonds. The van der Waals surface area contributed by atoms with Crippen LogP contribution >= 0.6 is 0 Å². The molecule has 1 N–H and O–H groups in total. The van der Waals surface area contributed by atoms with E-state index in [1.807, 2.05) is 0 Å². The van der Waals surface area contributed by atoms with Crippen molar-refractivity contribution in [2.75, 3.05) is 0 Å². The van der Waals surface area contributed by atoms with Crippen molar-refractivity contribution in [1.29, 1.82) is 0 Å². The summed E-state index contributed by atoms with van der Waals surface area (Å²) in [5.74, 6) is -1.35. The van der Waals surface area contributed by atoms with E-state index in [0.29, 0.717) is 11.3 Å². The summed E-state index contributed by atoms with van der Waals surface area (Å²) in [6, 6.07) is 4.89. The molecule has 0 aliphatic carbocycles. The van der Waals surface area contributed by atoms with E-state index in [1.54, 1.807) is 12.1 Å². The summed E-state index contributed by atoms with van der Waals surface area (Å²) in [5, 5.41) is 16.3. The van der Waals surface area contributed by atoms with Crippen LogP contribution in [0, 0.1) is 5.82 Å². The van der Waals surface area contributed by atoms with Crippen molar-refractivity contribution in [3.63, 3.8) is 0 Å². The first kappa shape index (κ1) is 11.3. The van der Waals surface area contributed by atoms with Crippen LogP contribution in [0.25, 0.3) is 11.3 Å². The molecule has 17 heavy (non-hydrogen) atoms. The second-order valence-electron chi connectivity index (χ2n) is 3.58. The molecule has 1 aromatic heterocycles. The molecule has 0 radical (unpaired) electrons. The van der Waals surface area contributed by atoms with Gasteiger partial charge >= 0.3 is 5.97 Å². The van der Waals surface area contributed by atoms with Crippen molar-refractivity contribution in [3.8, 4) is 11.3 Å². The number of halogens is 1. The summed E-state index contributed by atoms with van der Waals surface area (Å²) in [6.07, 6.45) is 1.45. The van der Waals surface area contributed by atoms with Crippen LogP contribution in [0.5, 0.6) is 0 Å². The van der Waals surface area contributed by atoms with Crippen LogP contribution in [0.15, 0.2) is 30.5 Å². The van der Waals surface area contributed by atoms with Crippen LogP contribution in [-0.4, -0.2) is 26.1 Å². The van der Waals surface area contributed by atoms with Gasteiger partial charge in [-0.1, -0.05) is 5.21 Å². The number of carboxylic acid groups (broad SMARTS) is 1. The maximum Gasteiger partial charge on any atom is 0.328 e. The van der Waals surface area contributed by atoms with Gasteiger partial charge in [-0.3, -0.25) is 0 Å². The van der Waals surface area contributed by atoms with Gasteiger partial charge in [0.05, 0.1) is 11.9 Å². The highest BCUT2D eigenvalue weighted by molar-refractivity contribution is 5.72. The zero-order chi connectivity index (χ0) is 12.4. The summed E-state index contributed by atoms with van der Waals surface area (Å²) in [5.41, 5.74) is 1.21. The normalized spacial score (nSPS) is 12.4. The number of benzene rings is 1. The number of aliphatic carboxylic acids is 1. The average molecular weight is 235 g/mol. The lowest BCUT2D eigenvalue weighted by atomic mass is 10.1. The number of hydrogen-bond acceptors (Lipinski definition) is 3. The highest BCUT2D eigenvalue weighted by Gasteiger charge is 2.18. The summed E-state index contributed by atoms with van der Waals surface area (Å²) in [6.45, 7) is 1.50. The molecule has 2 rings (SSSR count). The summed E-state index contributed by atoms with van der Waals surface area (Å²) >= 11 is 0. The lowest BCUT2D eigenvalue weighted by molar-refractivity contribution is -0.140. The van der Waals surface area contributed by atoms with Gasteiger partial charge < -0.3 is 5.11 Å². The number of nitrogens with zero attached hydrogens (tertiary/aromatic N) is 3. The monoisotopic (exact) mass is 235 g/mol. The van der Waals surface area contributed by atoms with Crippen molar-refractivity contribution in [3.05, 3.63) is 36.3 Å². The van der Waals surface area contributed by atoms with Gasteiger partial charge in [0.1, 0.15) is 11.9 Å². The Hall–Kier alpha value is -2.24. The SMILES string of the molecule is CC(C(=O)O)n1nncc1-c1ccc(F)cc1. The zero-order valence-electron chi connectivity index (χ0n) is 9.04. The topological polar surface area (TPSA) is 68.0 Å². The Morgan fingerprint density at radius 1 is 1.41 bits per heavy atom. The van der Waals surface area contributed by atoms with Gasteiger partial charge in [0.25, 0.3) is 0 Å². The van der Waals surface area contributed by atoms with Crippen LogP contribution in [0.4, 0.5) is 4.39 Å². The fourth-order valence-corrected chi connectivity index (χ4v) is 1.46. The fourth-order valence-electron chi connectivity index (χ4n) is 1.46. The first-order chi connectivity index (χ1) is 8.09. The Labute approximate surface area is 96.5 Å². The molecule has 0 spiro atoms. The highest BCUT2D eigenvalue weighted by Crippen LogP contribution is 2.21. The quantitative estimate of drug-likeness (QED) is 0.879. The van der Waals surface area contributed by atoms with E-state index in [-0.39, 0.29) is 5.82 Å². The van der Waals surface area contributed by atoms with E-state index in [2.05, 4.69) is 10.3 Å². The molecule has 1 heterocycles. The molecule has 1 unspecified atom stereocenters. The Bertz CT molecular complexity index is 536. The van der Waals surface area contributed by atoms with Gasteiger partial charge in [-0.2, -0.15) is 0 Å². The maximum atomic E-state index is 12.8. The highest BCUT2D eigenvalue weighted by atomic mass is 19.1. The van der Waals surface area contributed by atoms with Crippen LogP contribution in [0.2, 0.25) is 0 Å². The van der Waals surface area contributed by atoms with Crippen LogP contribution < -0.4 is 0 Å². The van der Waals surface area contributed by atoms with E-state index in [4.69, 9.17) is 5.11 Å². The molecule has 5 nitrogen and oxygen atoms in total. The molecular weight excluding hydrogens is 225 g/mol. The average Bonchev–Trinajstić information content (AvgIpc) is 2.77. The molecule has 0 bridgehead atoms. The van der Waals surface area contributed by atoms with Crippen molar-refractivity contribution >= 4 is 5.97 Å². The smallest absolute Gasteiger partial charge is 0.328 e. The molecule has 1 aromatic carbocycles. The van der Waals surface area contributed by atoms with Gasteiger partial charge in [-0.25, -0.2) is 13.9 Å². The largest absolute Gasteiger partial charge is 0.480 e. The number of hydrogen-bond donors (Lipinski definition) is 1. The zero-order valence-corrected chi connectivity index (χ0v) is 9.04. The van der Waals surface area contributed by atoms with E-state index < -0.39 is 12.0 Å². The molecule has 0 saturated heterocycles. The lowest BCUT2D eigenvalue weighted by Gasteiger charge is -2.09. The molecule has 0 aliphatic heterocycles. The Morgan fingerprint density at radius 2 is 2.06 bits per heavy atom. The van der Waals surface area contributed by atoms with Gasteiger partial charge in [-0.15, -0.1) is 5.10 Å². The molecule has 6 heteroatoms. The van der Waals surface area contributed by atoms with E-state index in [0.717, 1.165) is 0 Å². The first-order valence-electron chi connectivity index (χ1n) is 4.98. The van der Waals surface area contributed by atoms with Gasteiger partial charge in [-0.05, 0) is 31.2 Å². The van der Waals surface area contributed by atoms with Crippen LogP contribution in [-0.2, 0) is 4.79 Å². The lowest BCUT2D eigenvalue weighted by Crippen LogP contribution is -2.17. The van der Waals surface area contributed by atoms with Gasteiger partial charge in [0, 0.05) is 5.56 Å². The molecule has 1 atom stereocenters. The molecule has 0 aliphatic rings. The molecule has 88 valence electrons. The second-order valence-corrected chi connectivity index (χ2v) is 3.58. The van der Waals surface area contributed by atoms with Crippen molar-refractivity contribution in [2.24, 2.45) is 0 Å². The molecule has 2 aromatic rings. The minimum atomic E-state index is -1.00. The molecule has 0 saturated carbocycles. The second kappa shape index (κ2) is 4.32. The number of aromatic nitrogens is 3. The third kappa shape index (κ3) is 2.15. The number of carboxylic acids is 1. The first-order valence-corrected chi connectivity index (χ1v) is 4.98. The third-order valence-corrected chi connectivity index (χ3v) is 2.44. The summed E-state index contributed by atoms with van der Waals surface area (Å²) in [4.78, 5) is 10.9. The van der Waals surface area contributed by atoms with Crippen molar-refractivity contribution in [1.82, 2.24) is 15.0 Å². The van der Waals surface area contributed by atoms with E-state index in [9.17, 15) is 9.18 Å². The summed E-state index contributed by atoms with van der Waals surface area (Å²) < 4.78 is 14.1. The molecular formula is C11H10FN3O2. The van der Waals surface area contributed by atoms with E-state index in [1.165, 1.54) is 29.9 Å². The van der Waals surface area contributed by atoms with Gasteiger partial charge in [0.15, 0.2) is 0 Å². The van der Waals surface area contributed by atoms with Crippen LogP contribution in [0.3, 0.4) is 0 Å². The minimum Gasteiger partial charge on any atom is -0.480 e. The minimum absolute atomic E-state index is 0.348. The Kier molecular flexibility index (Phi) is 2.86. The van der Waals surface area contributed by atoms with E-state index >= 15 is 0 Å². The molecule has 0 fully saturated rings. The predicted molar refractivity (Wildman–Crippen MR) is 57.8 cm³/mol.